The molecule has 0 aliphatic carbocycles. The van der Waals surface area contributed by atoms with Crippen LogP contribution in [-0.2, 0) is 0 Å². The lowest BCUT2D eigenvalue weighted by Gasteiger charge is -2.32. The lowest BCUT2D eigenvalue weighted by Crippen LogP contribution is -2.40. The van der Waals surface area contributed by atoms with E-state index in [2.05, 4.69) is 17.3 Å². The fourth-order valence-corrected chi connectivity index (χ4v) is 2.86. The monoisotopic (exact) mass is 297 g/mol. The van der Waals surface area contributed by atoms with Gasteiger partial charge in [0, 0.05) is 24.3 Å². The second kappa shape index (κ2) is 6.41. The Morgan fingerprint density at radius 1 is 1.50 bits per heavy atom. The van der Waals surface area contributed by atoms with Crippen molar-refractivity contribution in [2.45, 2.75) is 32.2 Å². The summed E-state index contributed by atoms with van der Waals surface area (Å²) < 4.78 is 0. The van der Waals surface area contributed by atoms with Crippen LogP contribution in [0.25, 0.3) is 0 Å². The summed E-state index contributed by atoms with van der Waals surface area (Å²) in [5.74, 6) is 0. The average Bonchev–Trinajstić information content (AvgIpc) is 2.40. The molecule has 0 amide bonds. The summed E-state index contributed by atoms with van der Waals surface area (Å²) >= 11 is 5.95. The van der Waals surface area contributed by atoms with Gasteiger partial charge in [0.15, 0.2) is 0 Å². The number of rotatable bonds is 4. The van der Waals surface area contributed by atoms with Gasteiger partial charge < -0.3 is 10.2 Å². The Bertz CT molecular complexity index is 507. The first-order valence-electron chi connectivity index (χ1n) is 6.87. The van der Waals surface area contributed by atoms with Gasteiger partial charge in [-0.25, -0.2) is 0 Å². The molecule has 1 heterocycles. The molecule has 1 saturated heterocycles. The van der Waals surface area contributed by atoms with E-state index in [-0.39, 0.29) is 10.7 Å². The normalized spacial score (nSPS) is 19.9. The van der Waals surface area contributed by atoms with Crippen LogP contribution in [0.3, 0.4) is 0 Å². The van der Waals surface area contributed by atoms with Gasteiger partial charge in [-0.1, -0.05) is 18.0 Å². The molecule has 6 heteroatoms. The number of nitrogens with one attached hydrogen (secondary N) is 1. The van der Waals surface area contributed by atoms with Crippen LogP contribution in [0.2, 0.25) is 5.02 Å². The molecule has 1 aromatic rings. The van der Waals surface area contributed by atoms with E-state index in [0.717, 1.165) is 24.3 Å². The topological polar surface area (TPSA) is 58.4 Å². The van der Waals surface area contributed by atoms with Gasteiger partial charge in [0.05, 0.1) is 4.92 Å². The molecule has 20 heavy (non-hydrogen) atoms. The van der Waals surface area contributed by atoms with Gasteiger partial charge >= 0.3 is 0 Å². The minimum absolute atomic E-state index is 0.0375. The smallest absolute Gasteiger partial charge is 0.288 e. The van der Waals surface area contributed by atoms with Gasteiger partial charge in [-0.05, 0) is 45.0 Å². The predicted octanol–water partition coefficient (Wildman–Crippen LogP) is 3.45. The van der Waals surface area contributed by atoms with E-state index in [1.54, 1.807) is 6.07 Å². The average molecular weight is 298 g/mol. The minimum Gasteiger partial charge on any atom is -0.383 e. The molecule has 0 spiro atoms. The van der Waals surface area contributed by atoms with Crippen molar-refractivity contribution in [2.24, 2.45) is 0 Å². The van der Waals surface area contributed by atoms with Crippen LogP contribution in [0.15, 0.2) is 12.1 Å². The van der Waals surface area contributed by atoms with Crippen molar-refractivity contribution in [3.05, 3.63) is 32.8 Å². The summed E-state index contributed by atoms with van der Waals surface area (Å²) in [4.78, 5) is 12.7. The molecule has 0 bridgehead atoms. The van der Waals surface area contributed by atoms with Gasteiger partial charge in [0.2, 0.25) is 0 Å². The maximum atomic E-state index is 10.8. The van der Waals surface area contributed by atoms with Crippen LogP contribution in [0.5, 0.6) is 0 Å². The first kappa shape index (κ1) is 15.1. The van der Waals surface area contributed by atoms with Crippen molar-refractivity contribution in [1.82, 2.24) is 4.90 Å². The molecule has 110 valence electrons. The molecule has 5 nitrogen and oxygen atoms in total. The van der Waals surface area contributed by atoms with E-state index < -0.39 is 4.92 Å². The molecule has 1 aliphatic heterocycles. The van der Waals surface area contributed by atoms with E-state index in [1.807, 2.05) is 6.92 Å². The highest BCUT2D eigenvalue weighted by atomic mass is 35.5. The molecule has 2 rings (SSSR count). The molecule has 1 aliphatic rings. The molecule has 0 aromatic heterocycles. The highest BCUT2D eigenvalue weighted by molar-refractivity contribution is 6.33. The van der Waals surface area contributed by atoms with Crippen molar-refractivity contribution >= 4 is 23.0 Å². The SMILES string of the molecule is Cc1cc([N+](=O)[O-])c(Cl)cc1NCC1CCCCN1C. The zero-order valence-corrected chi connectivity index (χ0v) is 12.6. The Kier molecular flexibility index (Phi) is 4.83. The number of piperidine rings is 1. The molecule has 1 N–H and O–H groups in total. The zero-order valence-electron chi connectivity index (χ0n) is 11.9. The second-order valence-electron chi connectivity index (χ2n) is 5.39. The second-order valence-corrected chi connectivity index (χ2v) is 5.79. The van der Waals surface area contributed by atoms with Crippen LogP contribution >= 0.6 is 11.6 Å². The van der Waals surface area contributed by atoms with Crippen molar-refractivity contribution in [3.63, 3.8) is 0 Å². The Morgan fingerprint density at radius 3 is 2.90 bits per heavy atom. The lowest BCUT2D eigenvalue weighted by molar-refractivity contribution is -0.384. The third kappa shape index (κ3) is 3.41. The van der Waals surface area contributed by atoms with Crippen LogP contribution < -0.4 is 5.32 Å². The van der Waals surface area contributed by atoms with Crippen molar-refractivity contribution < 1.29 is 4.92 Å². The molecule has 0 saturated carbocycles. The summed E-state index contributed by atoms with van der Waals surface area (Å²) in [5, 5.41) is 14.4. The number of likely N-dealkylation sites (tertiary alicyclic amines) is 1. The van der Waals surface area contributed by atoms with E-state index in [9.17, 15) is 10.1 Å². The van der Waals surface area contributed by atoms with E-state index in [4.69, 9.17) is 11.6 Å². The highest BCUT2D eigenvalue weighted by Gasteiger charge is 2.20. The zero-order chi connectivity index (χ0) is 14.7. The number of anilines is 1. The number of hydrogen-bond acceptors (Lipinski definition) is 4. The predicted molar refractivity (Wildman–Crippen MR) is 81.6 cm³/mol. The third-order valence-corrected chi connectivity index (χ3v) is 4.24. The number of benzene rings is 1. The quantitative estimate of drug-likeness (QED) is 0.683. The maximum Gasteiger partial charge on any atom is 0.288 e. The highest BCUT2D eigenvalue weighted by Crippen LogP contribution is 2.30. The standard InChI is InChI=1S/C14H20ClN3O2/c1-10-7-14(18(19)20)12(15)8-13(10)16-9-11-5-3-4-6-17(11)2/h7-8,11,16H,3-6,9H2,1-2H3. The maximum absolute atomic E-state index is 10.8. The summed E-state index contributed by atoms with van der Waals surface area (Å²) in [6.07, 6.45) is 3.70. The number of likely N-dealkylation sites (N-methyl/N-ethyl adjacent to an activating group) is 1. The van der Waals surface area contributed by atoms with Crippen molar-refractivity contribution in [3.8, 4) is 0 Å². The Morgan fingerprint density at radius 2 is 2.25 bits per heavy atom. The fourth-order valence-electron chi connectivity index (χ4n) is 2.63. The van der Waals surface area contributed by atoms with Crippen LogP contribution in [0, 0.1) is 17.0 Å². The van der Waals surface area contributed by atoms with Gasteiger partial charge in [-0.2, -0.15) is 0 Å². The van der Waals surface area contributed by atoms with Crippen molar-refractivity contribution in [1.29, 1.82) is 0 Å². The summed E-state index contributed by atoms with van der Waals surface area (Å²) in [7, 11) is 2.14. The third-order valence-electron chi connectivity index (χ3n) is 3.94. The number of aryl methyl sites for hydroxylation is 1. The Hall–Kier alpha value is -1.33. The number of nitrogens with zero attached hydrogens (tertiary/aromatic N) is 2. The molecule has 1 unspecified atom stereocenters. The molecule has 1 atom stereocenters. The number of nitro benzene ring substituents is 1. The van der Waals surface area contributed by atoms with Crippen LogP contribution in [0.1, 0.15) is 24.8 Å². The van der Waals surface area contributed by atoms with Gasteiger partial charge in [-0.15, -0.1) is 0 Å². The number of hydrogen-bond donors (Lipinski definition) is 1. The van der Waals surface area contributed by atoms with Gasteiger partial charge in [0.1, 0.15) is 5.02 Å². The van der Waals surface area contributed by atoms with Crippen LogP contribution in [0.4, 0.5) is 11.4 Å². The minimum atomic E-state index is -0.450. The van der Waals surface area contributed by atoms with Crippen molar-refractivity contribution in [2.75, 3.05) is 25.5 Å². The summed E-state index contributed by atoms with van der Waals surface area (Å²) in [6.45, 7) is 3.83. The Balaban J connectivity index is 2.06. The number of halogens is 1. The largest absolute Gasteiger partial charge is 0.383 e. The molecular weight excluding hydrogens is 278 g/mol. The van der Waals surface area contributed by atoms with Gasteiger partial charge in [0.25, 0.3) is 5.69 Å². The van der Waals surface area contributed by atoms with E-state index in [1.165, 1.54) is 25.3 Å². The van der Waals surface area contributed by atoms with Crippen LogP contribution in [-0.4, -0.2) is 36.0 Å². The number of nitro groups is 1. The molecular formula is C14H20ClN3O2. The van der Waals surface area contributed by atoms with Gasteiger partial charge in [-0.3, -0.25) is 10.1 Å². The molecule has 1 aromatic carbocycles. The van der Waals surface area contributed by atoms with E-state index >= 15 is 0 Å². The Labute approximate surface area is 124 Å². The first-order valence-corrected chi connectivity index (χ1v) is 7.25. The molecule has 1 fully saturated rings. The first-order chi connectivity index (χ1) is 9.49. The van der Waals surface area contributed by atoms with E-state index in [0.29, 0.717) is 6.04 Å². The fraction of sp³-hybridized carbons (Fsp3) is 0.571. The molecule has 0 radical (unpaired) electrons. The summed E-state index contributed by atoms with van der Waals surface area (Å²) in [6, 6.07) is 3.68. The summed E-state index contributed by atoms with van der Waals surface area (Å²) in [5.41, 5.74) is 1.68. The lowest BCUT2D eigenvalue weighted by atomic mass is 10.0.